The first-order chi connectivity index (χ1) is 11.9. The second-order valence-corrected chi connectivity index (χ2v) is 5.83. The monoisotopic (exact) mass is 377 g/mol. The van der Waals surface area contributed by atoms with Crippen LogP contribution in [-0.4, -0.2) is 21.8 Å². The topological polar surface area (TPSA) is 96.0 Å². The lowest BCUT2D eigenvalue weighted by molar-refractivity contribution is -0.384. The lowest BCUT2D eigenvalue weighted by Crippen LogP contribution is -2.21. The Labute approximate surface area is 151 Å². The van der Waals surface area contributed by atoms with Crippen molar-refractivity contribution >= 4 is 52.5 Å². The Hall–Kier alpha value is -2.90. The molecule has 2 aromatic carbocycles. The zero-order valence-electron chi connectivity index (χ0n) is 12.4. The minimum Gasteiger partial charge on any atom is -0.492 e. The third kappa shape index (κ3) is 3.19. The number of hydrogen-bond acceptors (Lipinski definition) is 4. The Morgan fingerprint density at radius 1 is 1.16 bits per heavy atom. The first kappa shape index (κ1) is 16.9. The van der Waals surface area contributed by atoms with Gasteiger partial charge in [-0.1, -0.05) is 41.4 Å². The molecule has 9 heteroatoms. The normalized spacial score (nSPS) is 15.6. The summed E-state index contributed by atoms with van der Waals surface area (Å²) in [5, 5.41) is 25.8. The number of aliphatic hydroxyl groups excluding tert-OH is 1. The summed E-state index contributed by atoms with van der Waals surface area (Å²) in [5.41, 5.74) is 0.135. The van der Waals surface area contributed by atoms with Crippen LogP contribution in [0, 0.1) is 10.1 Å². The lowest BCUT2D eigenvalue weighted by Gasteiger charge is -2.10. The van der Waals surface area contributed by atoms with Gasteiger partial charge in [0.25, 0.3) is 11.6 Å². The molecule has 1 aliphatic heterocycles. The molecule has 0 aromatic heterocycles. The smallest absolute Gasteiger partial charge is 0.288 e. The van der Waals surface area contributed by atoms with Gasteiger partial charge in [0.05, 0.1) is 10.6 Å². The molecule has 126 valence electrons. The van der Waals surface area contributed by atoms with Gasteiger partial charge in [-0.25, -0.2) is 0 Å². The molecule has 1 amide bonds. The van der Waals surface area contributed by atoms with E-state index in [1.165, 1.54) is 12.1 Å². The van der Waals surface area contributed by atoms with Crippen LogP contribution in [0.1, 0.15) is 5.56 Å². The average molecular weight is 378 g/mol. The Morgan fingerprint density at radius 2 is 1.84 bits per heavy atom. The molecule has 1 heterocycles. The number of hydrazone groups is 1. The molecule has 0 bridgehead atoms. The van der Waals surface area contributed by atoms with E-state index in [1.54, 1.807) is 30.3 Å². The van der Waals surface area contributed by atoms with Gasteiger partial charge in [0.2, 0.25) is 5.90 Å². The van der Waals surface area contributed by atoms with E-state index in [1.807, 2.05) is 0 Å². The maximum Gasteiger partial charge on any atom is 0.288 e. The van der Waals surface area contributed by atoms with Crippen LogP contribution in [-0.2, 0) is 4.79 Å². The molecular weight excluding hydrogens is 369 g/mol. The van der Waals surface area contributed by atoms with E-state index in [2.05, 4.69) is 5.10 Å². The number of nitrogens with zero attached hydrogens (tertiary/aromatic N) is 3. The molecule has 2 aromatic rings. The fourth-order valence-corrected chi connectivity index (χ4v) is 2.74. The van der Waals surface area contributed by atoms with Gasteiger partial charge in [0.1, 0.15) is 10.6 Å². The first-order valence-corrected chi connectivity index (χ1v) is 7.66. The summed E-state index contributed by atoms with van der Waals surface area (Å²) in [6, 6.07) is 10.8. The predicted molar refractivity (Wildman–Crippen MR) is 95.1 cm³/mol. The summed E-state index contributed by atoms with van der Waals surface area (Å²) in [5.74, 6) is -1.10. The predicted octanol–water partition coefficient (Wildman–Crippen LogP) is 4.20. The van der Waals surface area contributed by atoms with Crippen molar-refractivity contribution in [2.45, 2.75) is 0 Å². The molecule has 3 rings (SSSR count). The van der Waals surface area contributed by atoms with E-state index in [9.17, 15) is 20.0 Å². The van der Waals surface area contributed by atoms with Crippen LogP contribution in [0.25, 0.3) is 6.08 Å². The van der Waals surface area contributed by atoms with E-state index < -0.39 is 16.7 Å². The number of para-hydroxylation sites is 1. The number of carbonyl (C=O) groups excluding carboxylic acids is 1. The average Bonchev–Trinajstić information content (AvgIpc) is 2.85. The van der Waals surface area contributed by atoms with Crippen LogP contribution in [0.15, 0.2) is 53.1 Å². The van der Waals surface area contributed by atoms with Crippen molar-refractivity contribution in [3.63, 3.8) is 0 Å². The third-order valence-corrected chi connectivity index (χ3v) is 4.05. The van der Waals surface area contributed by atoms with Crippen molar-refractivity contribution in [3.8, 4) is 0 Å². The van der Waals surface area contributed by atoms with Gasteiger partial charge in [-0.05, 0) is 24.3 Å². The van der Waals surface area contributed by atoms with Gasteiger partial charge in [-0.2, -0.15) is 5.01 Å². The van der Waals surface area contributed by atoms with Crippen molar-refractivity contribution in [2.75, 3.05) is 5.01 Å². The van der Waals surface area contributed by atoms with E-state index in [-0.39, 0.29) is 26.9 Å². The Bertz CT molecular complexity index is 942. The number of nitro groups is 1. The molecule has 1 N–H and O–H groups in total. The molecule has 1 aliphatic rings. The van der Waals surface area contributed by atoms with E-state index in [0.717, 1.165) is 11.1 Å². The lowest BCUT2D eigenvalue weighted by atomic mass is 10.1. The van der Waals surface area contributed by atoms with Crippen LogP contribution < -0.4 is 5.01 Å². The van der Waals surface area contributed by atoms with Crippen LogP contribution in [0.2, 0.25) is 10.0 Å². The van der Waals surface area contributed by atoms with Gasteiger partial charge in [0, 0.05) is 16.7 Å². The third-order valence-electron chi connectivity index (χ3n) is 3.42. The molecule has 0 fully saturated rings. The van der Waals surface area contributed by atoms with Crippen molar-refractivity contribution in [2.24, 2.45) is 5.10 Å². The second-order valence-electron chi connectivity index (χ2n) is 5.02. The maximum absolute atomic E-state index is 12.5. The molecule has 0 aliphatic carbocycles. The van der Waals surface area contributed by atoms with Gasteiger partial charge in [-0.15, -0.1) is 5.10 Å². The quantitative estimate of drug-likeness (QED) is 0.492. The van der Waals surface area contributed by atoms with Gasteiger partial charge in [0.15, 0.2) is 0 Å². The summed E-state index contributed by atoms with van der Waals surface area (Å²) in [4.78, 5) is 22.8. The molecular formula is C16H9Cl2N3O4. The van der Waals surface area contributed by atoms with Crippen molar-refractivity contribution in [3.05, 3.63) is 73.8 Å². The van der Waals surface area contributed by atoms with Gasteiger partial charge in [-0.3, -0.25) is 14.9 Å². The number of amides is 1. The number of hydrogen-bond donors (Lipinski definition) is 1. The Morgan fingerprint density at radius 3 is 2.48 bits per heavy atom. The zero-order valence-corrected chi connectivity index (χ0v) is 13.9. The second kappa shape index (κ2) is 6.54. The standard InChI is InChI=1S/C16H9Cl2N3O4/c17-12-8-13(18)14(21(24)25)7-9(12)6-11-15(22)19-20(16(11)23)10-4-2-1-3-5-10/h1-8H,(H,19,22)/b11-6+. The minimum absolute atomic E-state index is 0.0989. The molecule has 0 saturated heterocycles. The molecule has 25 heavy (non-hydrogen) atoms. The number of anilines is 1. The fraction of sp³-hybridized carbons (Fsp3) is 0. The van der Waals surface area contributed by atoms with E-state index >= 15 is 0 Å². The molecule has 0 unspecified atom stereocenters. The van der Waals surface area contributed by atoms with Crippen LogP contribution in [0.3, 0.4) is 0 Å². The summed E-state index contributed by atoms with van der Waals surface area (Å²) < 4.78 is 0. The molecule has 0 atom stereocenters. The summed E-state index contributed by atoms with van der Waals surface area (Å²) in [6.07, 6.45) is 1.23. The molecule has 7 nitrogen and oxygen atoms in total. The summed E-state index contributed by atoms with van der Waals surface area (Å²) in [7, 11) is 0. The maximum atomic E-state index is 12.5. The number of halogens is 2. The Kier molecular flexibility index (Phi) is 4.43. The molecule has 0 saturated carbocycles. The Balaban J connectivity index is 2.03. The van der Waals surface area contributed by atoms with Crippen LogP contribution in [0.5, 0.6) is 0 Å². The number of aliphatic hydroxyl groups is 1. The highest BCUT2D eigenvalue weighted by molar-refractivity contribution is 6.37. The van der Waals surface area contributed by atoms with E-state index in [4.69, 9.17) is 23.2 Å². The van der Waals surface area contributed by atoms with Crippen molar-refractivity contribution < 1.29 is 14.8 Å². The van der Waals surface area contributed by atoms with Crippen LogP contribution >= 0.6 is 23.2 Å². The molecule has 0 radical (unpaired) electrons. The highest BCUT2D eigenvalue weighted by Crippen LogP contribution is 2.33. The fourth-order valence-electron chi connectivity index (χ4n) is 2.23. The number of carbonyl (C=O) groups is 1. The van der Waals surface area contributed by atoms with Gasteiger partial charge < -0.3 is 5.11 Å². The SMILES string of the molecule is O=C1/C(=C/c2cc([N+](=O)[O-])c(Cl)cc2Cl)C(O)=NN1c1ccccc1. The minimum atomic E-state index is -0.665. The number of nitro benzene ring substituents is 1. The largest absolute Gasteiger partial charge is 0.492 e. The summed E-state index contributed by atoms with van der Waals surface area (Å²) >= 11 is 11.8. The van der Waals surface area contributed by atoms with Crippen molar-refractivity contribution in [1.82, 2.24) is 0 Å². The van der Waals surface area contributed by atoms with Gasteiger partial charge >= 0.3 is 0 Å². The highest BCUT2D eigenvalue weighted by Gasteiger charge is 2.31. The highest BCUT2D eigenvalue weighted by atomic mass is 35.5. The van der Waals surface area contributed by atoms with E-state index in [0.29, 0.717) is 5.69 Å². The molecule has 0 spiro atoms. The number of benzene rings is 2. The first-order valence-electron chi connectivity index (χ1n) is 6.91. The summed E-state index contributed by atoms with van der Waals surface area (Å²) in [6.45, 7) is 0. The zero-order chi connectivity index (χ0) is 18.1. The van der Waals surface area contributed by atoms with Crippen molar-refractivity contribution in [1.29, 1.82) is 0 Å². The number of rotatable bonds is 3. The van der Waals surface area contributed by atoms with Crippen LogP contribution in [0.4, 0.5) is 11.4 Å².